The Labute approximate surface area is 85.9 Å². The number of hydrogen-bond acceptors (Lipinski definition) is 4. The monoisotopic (exact) mass is 243 g/mol. The van der Waals surface area contributed by atoms with Crippen LogP contribution in [0.5, 0.6) is 0 Å². The molecule has 14 heavy (non-hydrogen) atoms. The van der Waals surface area contributed by atoms with Crippen molar-refractivity contribution in [2.75, 3.05) is 24.3 Å². The fourth-order valence-electron chi connectivity index (χ4n) is 0.841. The maximum absolute atomic E-state index is 11.2. The molecule has 0 atom stereocenters. The molecule has 0 fully saturated rings. The second kappa shape index (κ2) is 5.67. The van der Waals surface area contributed by atoms with E-state index in [0.717, 1.165) is 12.7 Å². The highest BCUT2D eigenvalue weighted by molar-refractivity contribution is 7.91. The molecule has 0 aliphatic carbocycles. The summed E-state index contributed by atoms with van der Waals surface area (Å²) < 4.78 is 46.1. The maximum Gasteiger partial charge on any atom is 0.211 e. The average Bonchev–Trinajstić information content (AvgIpc) is 1.98. The van der Waals surface area contributed by atoms with Crippen LogP contribution in [0, 0.1) is 0 Å². The molecule has 0 aromatic rings. The highest BCUT2D eigenvalue weighted by Gasteiger charge is 2.10. The molecule has 5 nitrogen and oxygen atoms in total. The minimum atomic E-state index is -3.28. The van der Waals surface area contributed by atoms with Crippen LogP contribution in [-0.2, 0) is 19.9 Å². The lowest BCUT2D eigenvalue weighted by atomic mass is 10.5. The van der Waals surface area contributed by atoms with Gasteiger partial charge in [-0.1, -0.05) is 6.92 Å². The third-order valence-electron chi connectivity index (χ3n) is 1.50. The second-order valence-electron chi connectivity index (χ2n) is 3.20. The van der Waals surface area contributed by atoms with Gasteiger partial charge in [0.15, 0.2) is 0 Å². The minimum Gasteiger partial charge on any atom is -0.229 e. The van der Waals surface area contributed by atoms with Crippen molar-refractivity contribution < 1.29 is 16.8 Å². The maximum atomic E-state index is 11.2. The zero-order valence-electron chi connectivity index (χ0n) is 8.49. The van der Waals surface area contributed by atoms with Crippen LogP contribution < -0.4 is 4.72 Å². The minimum absolute atomic E-state index is 0.0833. The summed E-state index contributed by atoms with van der Waals surface area (Å²) in [6.45, 7) is 2.26. The van der Waals surface area contributed by atoms with Gasteiger partial charge in [0, 0.05) is 12.8 Å². The smallest absolute Gasteiger partial charge is 0.211 e. The fourth-order valence-corrected chi connectivity index (χ4v) is 2.88. The molecule has 0 saturated carbocycles. The van der Waals surface area contributed by atoms with Crippen molar-refractivity contribution in [1.29, 1.82) is 0 Å². The first-order chi connectivity index (χ1) is 6.27. The first-order valence-corrected chi connectivity index (χ1v) is 8.13. The topological polar surface area (TPSA) is 80.3 Å². The molecule has 86 valence electrons. The Balaban J connectivity index is 3.89. The Hall–Kier alpha value is -0.140. The lowest BCUT2D eigenvalue weighted by molar-refractivity contribution is 0.578. The molecule has 0 aromatic carbocycles. The van der Waals surface area contributed by atoms with Crippen molar-refractivity contribution in [3.05, 3.63) is 0 Å². The van der Waals surface area contributed by atoms with E-state index in [9.17, 15) is 16.8 Å². The van der Waals surface area contributed by atoms with Gasteiger partial charge in [0.25, 0.3) is 0 Å². The van der Waals surface area contributed by atoms with Crippen molar-refractivity contribution in [1.82, 2.24) is 4.72 Å². The molecule has 0 aromatic heterocycles. The second-order valence-corrected chi connectivity index (χ2v) is 7.38. The van der Waals surface area contributed by atoms with Crippen LogP contribution in [0.25, 0.3) is 0 Å². The molecule has 0 saturated heterocycles. The molecule has 0 aliphatic rings. The molecule has 0 bridgehead atoms. The van der Waals surface area contributed by atoms with E-state index in [1.807, 2.05) is 6.92 Å². The zero-order chi connectivity index (χ0) is 11.2. The van der Waals surface area contributed by atoms with Crippen LogP contribution in [0.1, 0.15) is 19.8 Å². The van der Waals surface area contributed by atoms with Gasteiger partial charge in [0.05, 0.1) is 11.5 Å². The number of rotatable bonds is 7. The van der Waals surface area contributed by atoms with E-state index in [0.29, 0.717) is 6.54 Å². The third kappa shape index (κ3) is 8.46. The van der Waals surface area contributed by atoms with Gasteiger partial charge in [-0.25, -0.2) is 21.6 Å². The Bertz CT molecular complexity index is 344. The summed E-state index contributed by atoms with van der Waals surface area (Å²) in [5, 5.41) is 0. The highest BCUT2D eigenvalue weighted by atomic mass is 32.2. The van der Waals surface area contributed by atoms with E-state index in [2.05, 4.69) is 4.72 Å². The zero-order valence-corrected chi connectivity index (χ0v) is 10.1. The van der Waals surface area contributed by atoms with Crippen LogP contribution in [0.15, 0.2) is 0 Å². The summed E-state index contributed by atoms with van der Waals surface area (Å²) >= 11 is 0. The predicted octanol–water partition coefficient (Wildman–Crippen LogP) is -0.249. The normalized spacial score (nSPS) is 13.0. The summed E-state index contributed by atoms with van der Waals surface area (Å²) in [4.78, 5) is 0. The summed E-state index contributed by atoms with van der Waals surface area (Å²) in [6.07, 6.45) is 1.97. The van der Waals surface area contributed by atoms with Crippen molar-refractivity contribution in [2.45, 2.75) is 19.8 Å². The Kier molecular flexibility index (Phi) is 5.61. The van der Waals surface area contributed by atoms with Gasteiger partial charge in [-0.05, 0) is 12.8 Å². The summed E-state index contributed by atoms with van der Waals surface area (Å²) in [6, 6.07) is 0. The van der Waals surface area contributed by atoms with Crippen LogP contribution in [0.3, 0.4) is 0 Å². The van der Waals surface area contributed by atoms with Crippen molar-refractivity contribution in [3.63, 3.8) is 0 Å². The van der Waals surface area contributed by atoms with E-state index in [1.165, 1.54) is 0 Å². The Morgan fingerprint density at radius 3 is 2.07 bits per heavy atom. The molecule has 0 amide bonds. The first kappa shape index (κ1) is 13.9. The van der Waals surface area contributed by atoms with Gasteiger partial charge in [-0.3, -0.25) is 0 Å². The van der Waals surface area contributed by atoms with Crippen molar-refractivity contribution >= 4 is 19.9 Å². The average molecular weight is 243 g/mol. The molecule has 1 N–H and O–H groups in total. The van der Waals surface area contributed by atoms with Crippen molar-refractivity contribution in [3.8, 4) is 0 Å². The summed E-state index contributed by atoms with van der Waals surface area (Å²) in [5.74, 6) is -0.208. The molecule has 0 unspecified atom stereocenters. The standard InChI is InChI=1S/C7H17NO4S2/c1-3-5-8-14(11,12)7-4-6-13(2,9)10/h8H,3-7H2,1-2H3. The number of nitrogens with one attached hydrogen (secondary N) is 1. The van der Waals surface area contributed by atoms with E-state index < -0.39 is 19.9 Å². The van der Waals surface area contributed by atoms with Gasteiger partial charge < -0.3 is 0 Å². The first-order valence-electron chi connectivity index (χ1n) is 4.42. The van der Waals surface area contributed by atoms with E-state index in [-0.39, 0.29) is 17.9 Å². The molecule has 0 spiro atoms. The molecule has 7 heteroatoms. The van der Waals surface area contributed by atoms with Crippen molar-refractivity contribution in [2.24, 2.45) is 0 Å². The number of hydrogen-bond donors (Lipinski definition) is 1. The fraction of sp³-hybridized carbons (Fsp3) is 1.00. The molecule has 0 aliphatic heterocycles. The van der Waals surface area contributed by atoms with E-state index in [4.69, 9.17) is 0 Å². The lowest BCUT2D eigenvalue weighted by Crippen LogP contribution is -2.27. The highest BCUT2D eigenvalue weighted by Crippen LogP contribution is 1.94. The Morgan fingerprint density at radius 2 is 1.64 bits per heavy atom. The summed E-state index contributed by atoms with van der Waals surface area (Å²) in [7, 11) is -6.34. The quantitative estimate of drug-likeness (QED) is 0.668. The molecule has 0 radical (unpaired) electrons. The Morgan fingerprint density at radius 1 is 1.07 bits per heavy atom. The van der Waals surface area contributed by atoms with Gasteiger partial charge >= 0.3 is 0 Å². The number of sulfonamides is 1. The van der Waals surface area contributed by atoms with Crippen LogP contribution in [0.2, 0.25) is 0 Å². The van der Waals surface area contributed by atoms with E-state index in [1.54, 1.807) is 0 Å². The van der Waals surface area contributed by atoms with Gasteiger partial charge in [-0.15, -0.1) is 0 Å². The largest absolute Gasteiger partial charge is 0.229 e. The molecule has 0 rings (SSSR count). The lowest BCUT2D eigenvalue weighted by Gasteiger charge is -2.04. The van der Waals surface area contributed by atoms with Crippen LogP contribution in [-0.4, -0.2) is 41.1 Å². The van der Waals surface area contributed by atoms with Gasteiger partial charge in [-0.2, -0.15) is 0 Å². The van der Waals surface area contributed by atoms with Gasteiger partial charge in [0.2, 0.25) is 10.0 Å². The summed E-state index contributed by atoms with van der Waals surface area (Å²) in [5.41, 5.74) is 0. The van der Waals surface area contributed by atoms with Crippen LogP contribution in [0.4, 0.5) is 0 Å². The predicted molar refractivity (Wildman–Crippen MR) is 56.4 cm³/mol. The molecule has 0 heterocycles. The van der Waals surface area contributed by atoms with E-state index >= 15 is 0 Å². The molecular weight excluding hydrogens is 226 g/mol. The van der Waals surface area contributed by atoms with Gasteiger partial charge in [0.1, 0.15) is 9.84 Å². The third-order valence-corrected chi connectivity index (χ3v) is 4.00. The van der Waals surface area contributed by atoms with Crippen LogP contribution >= 0.6 is 0 Å². The number of sulfone groups is 1. The SMILES string of the molecule is CCCNS(=O)(=O)CCCS(C)(=O)=O. The molecular formula is C7H17NO4S2.